The third-order valence-electron chi connectivity index (χ3n) is 8.32. The molecule has 3 fully saturated rings. The molecule has 3 saturated carbocycles. The number of hydrogen-bond donors (Lipinski definition) is 0. The molecule has 4 aliphatic carbocycles. The van der Waals surface area contributed by atoms with E-state index in [1.54, 1.807) is 6.08 Å². The highest BCUT2D eigenvalue weighted by molar-refractivity contribution is 6.45. The van der Waals surface area contributed by atoms with Gasteiger partial charge in [0.15, 0.2) is 5.78 Å². The highest BCUT2D eigenvalue weighted by Crippen LogP contribution is 2.67. The fourth-order valence-corrected chi connectivity index (χ4v) is 7.08. The molecule has 4 rings (SSSR count). The van der Waals surface area contributed by atoms with Crippen molar-refractivity contribution in [3.63, 3.8) is 0 Å². The lowest BCUT2D eigenvalue weighted by atomic mass is 9.44. The maximum atomic E-state index is 12.6. The van der Waals surface area contributed by atoms with Crippen LogP contribution in [-0.4, -0.2) is 11.6 Å². The van der Waals surface area contributed by atoms with Crippen molar-refractivity contribution in [3.8, 4) is 0 Å². The molecule has 4 aliphatic rings. The summed E-state index contributed by atoms with van der Waals surface area (Å²) < 4.78 is 0. The van der Waals surface area contributed by atoms with E-state index in [9.17, 15) is 9.59 Å². The SMILES string of the molecule is C=C1C(C)C2=C(Cl)C(=O)C=C(C)[C@]2(C)[C@H]2CC[C@]3(C)C(=O)CC[C@H]3[C@H]12. The van der Waals surface area contributed by atoms with Crippen LogP contribution in [0.5, 0.6) is 0 Å². The number of carbonyl (C=O) groups is 2. The second kappa shape index (κ2) is 5.19. The van der Waals surface area contributed by atoms with Crippen molar-refractivity contribution in [2.24, 2.45) is 34.5 Å². The standard InChI is InChI=1S/C22H27ClO2/c1-11-10-16(24)20(23)19-13(3)12(2)18-14-6-7-17(25)21(14,4)9-8-15(18)22(11,19)5/h10,13-15,18H,2,6-9H2,1,3-5H3/t13?,14-,15-,18-,21-,22+/m0/s1. The monoisotopic (exact) mass is 358 g/mol. The number of ketones is 2. The number of allylic oxidation sites excluding steroid dienone is 5. The lowest BCUT2D eigenvalue weighted by Crippen LogP contribution is -2.53. The van der Waals surface area contributed by atoms with Gasteiger partial charge in [-0.1, -0.05) is 50.1 Å². The van der Waals surface area contributed by atoms with Gasteiger partial charge >= 0.3 is 0 Å². The van der Waals surface area contributed by atoms with Crippen LogP contribution in [0.15, 0.2) is 34.4 Å². The highest BCUT2D eigenvalue weighted by Gasteiger charge is 2.62. The average molecular weight is 359 g/mol. The first-order chi connectivity index (χ1) is 11.6. The zero-order valence-corrected chi connectivity index (χ0v) is 16.4. The minimum Gasteiger partial charge on any atom is -0.299 e. The van der Waals surface area contributed by atoms with Gasteiger partial charge in [-0.15, -0.1) is 0 Å². The van der Waals surface area contributed by atoms with E-state index in [0.29, 0.717) is 35.0 Å². The molecule has 0 bridgehead atoms. The van der Waals surface area contributed by atoms with E-state index < -0.39 is 0 Å². The van der Waals surface area contributed by atoms with E-state index in [2.05, 4.69) is 34.3 Å². The smallest absolute Gasteiger partial charge is 0.197 e. The minimum atomic E-state index is -0.191. The molecule has 0 saturated heterocycles. The molecule has 1 unspecified atom stereocenters. The largest absolute Gasteiger partial charge is 0.299 e. The van der Waals surface area contributed by atoms with Gasteiger partial charge in [0.1, 0.15) is 5.78 Å². The molecule has 134 valence electrons. The van der Waals surface area contributed by atoms with E-state index in [4.69, 9.17) is 11.6 Å². The minimum absolute atomic E-state index is 0.0681. The Morgan fingerprint density at radius 1 is 1.20 bits per heavy atom. The number of rotatable bonds is 0. The number of Topliss-reactive ketones (excluding diaryl/α,β-unsaturated/α-hetero) is 1. The van der Waals surface area contributed by atoms with Crippen molar-refractivity contribution >= 4 is 23.2 Å². The first kappa shape index (κ1) is 17.3. The quantitative estimate of drug-likeness (QED) is 0.555. The van der Waals surface area contributed by atoms with E-state index in [1.165, 1.54) is 5.57 Å². The summed E-state index contributed by atoms with van der Waals surface area (Å²) >= 11 is 6.54. The average Bonchev–Trinajstić information content (AvgIpc) is 2.86. The second-order valence-electron chi connectivity index (χ2n) is 9.07. The molecule has 0 amide bonds. The number of hydrogen-bond acceptors (Lipinski definition) is 2. The Kier molecular flexibility index (Phi) is 3.59. The van der Waals surface area contributed by atoms with Gasteiger partial charge in [-0.25, -0.2) is 0 Å². The lowest BCUT2D eigenvalue weighted by Gasteiger charge is -2.59. The Balaban J connectivity index is 1.89. The summed E-state index contributed by atoms with van der Waals surface area (Å²) in [5.74, 6) is 1.57. The van der Waals surface area contributed by atoms with Gasteiger partial charge < -0.3 is 0 Å². The molecule has 25 heavy (non-hydrogen) atoms. The van der Waals surface area contributed by atoms with Crippen LogP contribution in [0, 0.1) is 34.5 Å². The summed E-state index contributed by atoms with van der Waals surface area (Å²) in [6.45, 7) is 13.1. The Bertz CT molecular complexity index is 773. The number of carbonyl (C=O) groups excluding carboxylic acids is 2. The second-order valence-corrected chi connectivity index (χ2v) is 9.45. The van der Waals surface area contributed by atoms with Gasteiger partial charge in [-0.05, 0) is 55.6 Å². The highest BCUT2D eigenvalue weighted by atomic mass is 35.5. The summed E-state index contributed by atoms with van der Waals surface area (Å²) in [6.07, 6.45) is 5.36. The van der Waals surface area contributed by atoms with Crippen molar-refractivity contribution in [1.29, 1.82) is 0 Å². The predicted octanol–water partition coefficient (Wildman–Crippen LogP) is 5.23. The van der Waals surface area contributed by atoms with E-state index in [-0.39, 0.29) is 22.5 Å². The Hall–Kier alpha value is -1.15. The predicted molar refractivity (Wildman–Crippen MR) is 100 cm³/mol. The molecule has 0 heterocycles. The van der Waals surface area contributed by atoms with Gasteiger partial charge in [-0.3, -0.25) is 9.59 Å². The maximum Gasteiger partial charge on any atom is 0.197 e. The first-order valence-corrected chi connectivity index (χ1v) is 9.87. The summed E-state index contributed by atoms with van der Waals surface area (Å²) in [4.78, 5) is 24.9. The molecule has 0 aromatic carbocycles. The molecule has 2 nitrogen and oxygen atoms in total. The van der Waals surface area contributed by atoms with Crippen LogP contribution >= 0.6 is 11.6 Å². The van der Waals surface area contributed by atoms with Crippen LogP contribution in [0.2, 0.25) is 0 Å². The normalized spacial score (nSPS) is 46.6. The lowest BCUT2D eigenvalue weighted by molar-refractivity contribution is -0.130. The van der Waals surface area contributed by atoms with E-state index in [0.717, 1.165) is 30.4 Å². The van der Waals surface area contributed by atoms with Gasteiger partial charge in [0, 0.05) is 23.2 Å². The molecule has 0 aromatic heterocycles. The van der Waals surface area contributed by atoms with Gasteiger partial charge in [0.2, 0.25) is 0 Å². The van der Waals surface area contributed by atoms with Crippen LogP contribution in [0.4, 0.5) is 0 Å². The number of fused-ring (bicyclic) bond motifs is 5. The molecular weight excluding hydrogens is 332 g/mol. The zero-order chi connectivity index (χ0) is 18.3. The van der Waals surface area contributed by atoms with Crippen molar-refractivity contribution in [2.75, 3.05) is 0 Å². The summed E-state index contributed by atoms with van der Waals surface area (Å²) in [5, 5.41) is 0.399. The van der Waals surface area contributed by atoms with Crippen LogP contribution in [0.25, 0.3) is 0 Å². The van der Waals surface area contributed by atoms with Crippen molar-refractivity contribution in [2.45, 2.75) is 53.4 Å². The zero-order valence-electron chi connectivity index (χ0n) is 15.6. The fourth-order valence-electron chi connectivity index (χ4n) is 6.67. The molecule has 0 N–H and O–H groups in total. The van der Waals surface area contributed by atoms with Crippen LogP contribution in [-0.2, 0) is 9.59 Å². The van der Waals surface area contributed by atoms with Crippen molar-refractivity contribution < 1.29 is 9.59 Å². The molecule has 3 heteroatoms. The molecule has 6 atom stereocenters. The molecule has 0 spiro atoms. The fraction of sp³-hybridized carbons (Fsp3) is 0.636. The molecule has 0 radical (unpaired) electrons. The molecule has 0 aromatic rings. The van der Waals surface area contributed by atoms with E-state index in [1.807, 2.05) is 0 Å². The van der Waals surface area contributed by atoms with Gasteiger partial charge in [0.05, 0.1) is 5.03 Å². The third-order valence-corrected chi connectivity index (χ3v) is 8.71. The maximum absolute atomic E-state index is 12.6. The van der Waals surface area contributed by atoms with Gasteiger partial charge in [0.25, 0.3) is 0 Å². The number of halogens is 1. The van der Waals surface area contributed by atoms with Gasteiger partial charge in [-0.2, -0.15) is 0 Å². The Labute approximate surface area is 155 Å². The van der Waals surface area contributed by atoms with Crippen LogP contribution in [0.1, 0.15) is 53.4 Å². The topological polar surface area (TPSA) is 34.1 Å². The third kappa shape index (κ3) is 1.92. The summed E-state index contributed by atoms with van der Waals surface area (Å²) in [7, 11) is 0. The van der Waals surface area contributed by atoms with Crippen molar-refractivity contribution in [3.05, 3.63) is 34.4 Å². The van der Waals surface area contributed by atoms with Crippen molar-refractivity contribution in [1.82, 2.24) is 0 Å². The first-order valence-electron chi connectivity index (χ1n) is 9.49. The summed E-state index contributed by atoms with van der Waals surface area (Å²) in [6, 6.07) is 0. The van der Waals surface area contributed by atoms with Crippen LogP contribution in [0.3, 0.4) is 0 Å². The summed E-state index contributed by atoms with van der Waals surface area (Å²) in [5.41, 5.74) is 3.00. The molecular formula is C22H27ClO2. The van der Waals surface area contributed by atoms with Crippen LogP contribution < -0.4 is 0 Å². The Morgan fingerprint density at radius 2 is 1.88 bits per heavy atom. The molecule has 0 aliphatic heterocycles. The van der Waals surface area contributed by atoms with E-state index >= 15 is 0 Å². The Morgan fingerprint density at radius 3 is 2.56 bits per heavy atom.